The van der Waals surface area contributed by atoms with Crippen molar-refractivity contribution in [2.45, 2.75) is 11.8 Å². The molecule has 0 radical (unpaired) electrons. The molecule has 0 bridgehead atoms. The number of pyridine rings is 1. The first-order chi connectivity index (χ1) is 8.90. The highest BCUT2D eigenvalue weighted by molar-refractivity contribution is 7.92. The lowest BCUT2D eigenvalue weighted by molar-refractivity contribution is 0.600. The Morgan fingerprint density at radius 1 is 1.26 bits per heavy atom. The molecule has 0 amide bonds. The molecule has 0 saturated heterocycles. The van der Waals surface area contributed by atoms with Gasteiger partial charge in [0, 0.05) is 18.5 Å². The van der Waals surface area contributed by atoms with E-state index in [-0.39, 0.29) is 15.6 Å². The minimum absolute atomic E-state index is 0.232. The summed E-state index contributed by atoms with van der Waals surface area (Å²) in [5.74, 6) is 0. The van der Waals surface area contributed by atoms with Crippen molar-refractivity contribution in [3.05, 3.63) is 57.5 Å². The molecule has 0 atom stereocenters. The Morgan fingerprint density at radius 2 is 2.00 bits per heavy atom. The van der Waals surface area contributed by atoms with E-state index in [1.165, 1.54) is 6.20 Å². The molecule has 5 nitrogen and oxygen atoms in total. The Hall–Kier alpha value is -1.79. The fraction of sp³-hybridized carbons (Fsp3) is 0.0833. The summed E-state index contributed by atoms with van der Waals surface area (Å²) in [5, 5.41) is 0.274. The number of aromatic amines is 1. The number of H-pyrrole nitrogens is 1. The summed E-state index contributed by atoms with van der Waals surface area (Å²) in [6, 6.07) is 6.05. The van der Waals surface area contributed by atoms with Crippen molar-refractivity contribution in [3.63, 3.8) is 0 Å². The number of nitrogens with one attached hydrogen (secondary N) is 2. The molecule has 0 fully saturated rings. The van der Waals surface area contributed by atoms with Gasteiger partial charge >= 0.3 is 0 Å². The molecule has 1 aromatic heterocycles. The summed E-state index contributed by atoms with van der Waals surface area (Å²) in [6.45, 7) is 1.84. The van der Waals surface area contributed by atoms with Crippen LogP contribution in [-0.4, -0.2) is 13.4 Å². The van der Waals surface area contributed by atoms with Crippen LogP contribution in [0.15, 0.2) is 46.3 Å². The molecule has 1 heterocycles. The van der Waals surface area contributed by atoms with Gasteiger partial charge in [0.25, 0.3) is 10.0 Å². The number of halogens is 1. The standard InChI is InChI=1S/C12H11ClN2O3S/c1-8-2-3-10(9(13)6-8)15-19(17,18)12-7-14-5-4-11(12)16/h2-7,15H,1H3,(H,14,16). The number of benzene rings is 1. The van der Waals surface area contributed by atoms with Crippen molar-refractivity contribution >= 4 is 27.3 Å². The Balaban J connectivity index is 2.43. The highest BCUT2D eigenvalue weighted by Crippen LogP contribution is 2.24. The van der Waals surface area contributed by atoms with E-state index >= 15 is 0 Å². The maximum Gasteiger partial charge on any atom is 0.267 e. The van der Waals surface area contributed by atoms with Gasteiger partial charge in [0.05, 0.1) is 10.7 Å². The second kappa shape index (κ2) is 5.07. The number of aryl methyl sites for hydroxylation is 1. The summed E-state index contributed by atoms with van der Waals surface area (Å²) in [7, 11) is -3.96. The SMILES string of the molecule is Cc1ccc(NS(=O)(=O)c2c[nH]ccc2=O)c(Cl)c1. The van der Waals surface area contributed by atoms with Crippen molar-refractivity contribution < 1.29 is 8.42 Å². The number of sulfonamides is 1. The van der Waals surface area contributed by atoms with Crippen molar-refractivity contribution in [1.82, 2.24) is 4.98 Å². The fourth-order valence-corrected chi connectivity index (χ4v) is 2.99. The first kappa shape index (κ1) is 13.6. The molecule has 19 heavy (non-hydrogen) atoms. The lowest BCUT2D eigenvalue weighted by atomic mass is 10.2. The van der Waals surface area contributed by atoms with Crippen LogP contribution in [0.3, 0.4) is 0 Å². The number of aromatic nitrogens is 1. The molecule has 0 aliphatic rings. The summed E-state index contributed by atoms with van der Waals surface area (Å²) in [5.41, 5.74) is 0.551. The molecule has 7 heteroatoms. The Bertz CT molecular complexity index is 769. The predicted octanol–water partition coefficient (Wildman–Crippen LogP) is 2.14. The van der Waals surface area contributed by atoms with Crippen LogP contribution in [0.4, 0.5) is 5.69 Å². The summed E-state index contributed by atoms with van der Waals surface area (Å²) >= 11 is 5.95. The number of rotatable bonds is 3. The van der Waals surface area contributed by atoms with E-state index in [1.54, 1.807) is 18.2 Å². The zero-order valence-electron chi connectivity index (χ0n) is 9.98. The van der Waals surface area contributed by atoms with Gasteiger partial charge in [-0.1, -0.05) is 17.7 Å². The normalized spacial score (nSPS) is 11.3. The van der Waals surface area contributed by atoms with Gasteiger partial charge in [0.2, 0.25) is 5.43 Å². The van der Waals surface area contributed by atoms with Crippen LogP contribution in [0.2, 0.25) is 5.02 Å². The van der Waals surface area contributed by atoms with Crippen LogP contribution >= 0.6 is 11.6 Å². The van der Waals surface area contributed by atoms with Crippen LogP contribution in [-0.2, 0) is 10.0 Å². The molecule has 2 rings (SSSR count). The Labute approximate surface area is 115 Å². The van der Waals surface area contributed by atoms with Gasteiger partial charge in [-0.25, -0.2) is 8.42 Å². The summed E-state index contributed by atoms with van der Waals surface area (Å²) < 4.78 is 26.4. The van der Waals surface area contributed by atoms with Crippen LogP contribution < -0.4 is 10.2 Å². The molecule has 100 valence electrons. The van der Waals surface area contributed by atoms with Gasteiger partial charge in [-0.15, -0.1) is 0 Å². The number of anilines is 1. The van der Waals surface area contributed by atoms with Gasteiger partial charge in [-0.05, 0) is 24.6 Å². The smallest absolute Gasteiger partial charge is 0.267 e. The van der Waals surface area contributed by atoms with Crippen molar-refractivity contribution in [2.75, 3.05) is 4.72 Å². The molecule has 1 aromatic carbocycles. The quantitative estimate of drug-likeness (QED) is 0.911. The van der Waals surface area contributed by atoms with E-state index < -0.39 is 15.5 Å². The van der Waals surface area contributed by atoms with E-state index in [1.807, 2.05) is 6.92 Å². The molecule has 0 aliphatic heterocycles. The average molecular weight is 299 g/mol. The first-order valence-corrected chi connectivity index (χ1v) is 7.22. The molecule has 0 spiro atoms. The third-order valence-electron chi connectivity index (χ3n) is 2.45. The molecular weight excluding hydrogens is 288 g/mol. The minimum atomic E-state index is -3.96. The Kier molecular flexibility index (Phi) is 3.64. The molecular formula is C12H11ClN2O3S. The van der Waals surface area contributed by atoms with Crippen molar-refractivity contribution in [2.24, 2.45) is 0 Å². The lowest BCUT2D eigenvalue weighted by Crippen LogP contribution is -2.21. The fourth-order valence-electron chi connectivity index (χ4n) is 1.51. The molecule has 2 N–H and O–H groups in total. The highest BCUT2D eigenvalue weighted by Gasteiger charge is 2.18. The van der Waals surface area contributed by atoms with E-state index in [0.29, 0.717) is 0 Å². The first-order valence-electron chi connectivity index (χ1n) is 5.36. The predicted molar refractivity (Wildman–Crippen MR) is 74.1 cm³/mol. The van der Waals surface area contributed by atoms with Crippen LogP contribution in [0.5, 0.6) is 0 Å². The van der Waals surface area contributed by atoms with Gasteiger partial charge in [-0.2, -0.15) is 0 Å². The number of hydrogen-bond acceptors (Lipinski definition) is 3. The minimum Gasteiger partial charge on any atom is -0.366 e. The van der Waals surface area contributed by atoms with Gasteiger partial charge in [0.1, 0.15) is 0 Å². The summed E-state index contributed by atoms with van der Waals surface area (Å²) in [6.07, 6.45) is 2.49. The van der Waals surface area contributed by atoms with Crippen LogP contribution in [0, 0.1) is 6.92 Å². The lowest BCUT2D eigenvalue weighted by Gasteiger charge is -2.09. The maximum absolute atomic E-state index is 12.1. The maximum atomic E-state index is 12.1. The van der Waals surface area contributed by atoms with E-state index in [4.69, 9.17) is 11.6 Å². The summed E-state index contributed by atoms with van der Waals surface area (Å²) in [4.78, 5) is 13.7. The third kappa shape index (κ3) is 2.97. The zero-order chi connectivity index (χ0) is 14.0. The van der Waals surface area contributed by atoms with Gasteiger partial charge in [0.15, 0.2) is 4.90 Å². The van der Waals surface area contributed by atoms with Crippen LogP contribution in [0.1, 0.15) is 5.56 Å². The number of hydrogen-bond donors (Lipinski definition) is 2. The monoisotopic (exact) mass is 298 g/mol. The zero-order valence-corrected chi connectivity index (χ0v) is 11.5. The van der Waals surface area contributed by atoms with E-state index in [9.17, 15) is 13.2 Å². The molecule has 2 aromatic rings. The topological polar surface area (TPSA) is 79.0 Å². The van der Waals surface area contributed by atoms with Gasteiger partial charge < -0.3 is 4.98 Å². The molecule has 0 aliphatic carbocycles. The largest absolute Gasteiger partial charge is 0.366 e. The second-order valence-corrected chi connectivity index (χ2v) is 6.02. The van der Waals surface area contributed by atoms with E-state index in [2.05, 4.69) is 9.71 Å². The molecule has 0 saturated carbocycles. The van der Waals surface area contributed by atoms with E-state index in [0.717, 1.165) is 17.8 Å². The second-order valence-electron chi connectivity index (χ2n) is 3.96. The van der Waals surface area contributed by atoms with Crippen LogP contribution in [0.25, 0.3) is 0 Å². The third-order valence-corrected chi connectivity index (χ3v) is 4.15. The Morgan fingerprint density at radius 3 is 2.63 bits per heavy atom. The van der Waals surface area contributed by atoms with Gasteiger partial charge in [-0.3, -0.25) is 9.52 Å². The van der Waals surface area contributed by atoms with Crippen molar-refractivity contribution in [3.8, 4) is 0 Å². The molecule has 0 unspecified atom stereocenters. The van der Waals surface area contributed by atoms with Crippen molar-refractivity contribution in [1.29, 1.82) is 0 Å². The highest BCUT2D eigenvalue weighted by atomic mass is 35.5. The average Bonchev–Trinajstić information content (AvgIpc) is 2.33.